The summed E-state index contributed by atoms with van der Waals surface area (Å²) >= 11 is 0. The van der Waals surface area contributed by atoms with Crippen LogP contribution in [0.25, 0.3) is 64.6 Å². The highest BCUT2D eigenvalue weighted by Gasteiger charge is 2.19. The van der Waals surface area contributed by atoms with Crippen LogP contribution in [0.15, 0.2) is 121 Å². The van der Waals surface area contributed by atoms with Gasteiger partial charge in [-0.2, -0.15) is 0 Å². The van der Waals surface area contributed by atoms with Crippen molar-refractivity contribution in [3.63, 3.8) is 0 Å². The number of nitrogens with one attached hydrogen (secondary N) is 2. The lowest BCUT2D eigenvalue weighted by molar-refractivity contribution is 0.0944. The number of hydrogen-bond acceptors (Lipinski definition) is 2. The van der Waals surface area contributed by atoms with E-state index >= 15 is 0 Å². The maximum atomic E-state index is 14.1. The number of carbonyl (C=O) groups excluding carboxylic acids is 2. The quantitative estimate of drug-likeness (QED) is 0.0404. The Morgan fingerprint density at radius 3 is 1.08 bits per heavy atom. The van der Waals surface area contributed by atoms with Gasteiger partial charge in [0.1, 0.15) is 0 Å². The fourth-order valence-electron chi connectivity index (χ4n) is 12.4. The monoisotopic (exact) mass is 1100 g/mol. The van der Waals surface area contributed by atoms with Crippen LogP contribution >= 0.6 is 0 Å². The summed E-state index contributed by atoms with van der Waals surface area (Å²) in [5.74, 6) is 26.7. The first-order valence-electron chi connectivity index (χ1n) is 31.5. The van der Waals surface area contributed by atoms with Gasteiger partial charge in [-0.05, 0) is 187 Å². The number of amides is 2. The second kappa shape index (κ2) is 28.2. The van der Waals surface area contributed by atoms with Crippen LogP contribution in [-0.4, -0.2) is 24.9 Å². The molecule has 4 heteroatoms. The van der Waals surface area contributed by atoms with Crippen LogP contribution in [0.1, 0.15) is 207 Å². The van der Waals surface area contributed by atoms with Gasteiger partial charge in [0.15, 0.2) is 0 Å². The van der Waals surface area contributed by atoms with E-state index in [2.05, 4.69) is 183 Å². The fourth-order valence-corrected chi connectivity index (χ4v) is 12.4. The van der Waals surface area contributed by atoms with Gasteiger partial charge in [0.05, 0.1) is 22.3 Å². The molecule has 0 saturated carbocycles. The summed E-state index contributed by atoms with van der Waals surface area (Å²) in [6, 6.07) is 43.7. The Hall–Kier alpha value is -8.54. The van der Waals surface area contributed by atoms with Crippen molar-refractivity contribution in [3.8, 4) is 47.4 Å². The minimum Gasteiger partial charge on any atom is -0.352 e. The van der Waals surface area contributed by atoms with Crippen LogP contribution in [-0.2, 0) is 12.8 Å². The molecule has 0 aliphatic heterocycles. The highest BCUT2D eigenvalue weighted by Crippen LogP contribution is 2.40. The smallest absolute Gasteiger partial charge is 0.252 e. The Kier molecular flexibility index (Phi) is 19.7. The van der Waals surface area contributed by atoms with Gasteiger partial charge in [0.2, 0.25) is 0 Å². The molecule has 0 aromatic heterocycles. The topological polar surface area (TPSA) is 58.2 Å². The number of rotatable bonds is 22. The van der Waals surface area contributed by atoms with Crippen molar-refractivity contribution in [2.75, 3.05) is 13.1 Å². The lowest BCUT2D eigenvalue weighted by atomic mass is 9.89. The van der Waals surface area contributed by atoms with E-state index in [4.69, 9.17) is 0 Å². The summed E-state index contributed by atoms with van der Waals surface area (Å²) < 4.78 is 0. The Morgan fingerprint density at radius 2 is 0.679 bits per heavy atom. The Morgan fingerprint density at radius 1 is 0.345 bits per heavy atom. The number of benzene rings is 10. The minimum absolute atomic E-state index is 0.200. The first-order chi connectivity index (χ1) is 41.2. The van der Waals surface area contributed by atoms with Crippen molar-refractivity contribution in [2.24, 2.45) is 0 Å². The van der Waals surface area contributed by atoms with Crippen LogP contribution in [0.3, 0.4) is 0 Å². The van der Waals surface area contributed by atoms with E-state index in [1.165, 1.54) is 142 Å². The molecule has 0 aliphatic carbocycles. The molecule has 0 bridgehead atoms. The molecule has 0 atom stereocenters. The Labute approximate surface area is 499 Å². The highest BCUT2D eigenvalue weighted by molar-refractivity contribution is 6.25. The minimum atomic E-state index is -0.200. The third-order valence-electron chi connectivity index (χ3n) is 16.9. The number of hydrogen-bond donors (Lipinski definition) is 2. The molecule has 4 nitrogen and oxygen atoms in total. The molecule has 0 aliphatic rings. The summed E-state index contributed by atoms with van der Waals surface area (Å²) in [6.45, 7) is 13.9. The van der Waals surface area contributed by atoms with E-state index in [9.17, 15) is 9.59 Å². The third kappa shape index (κ3) is 13.3. The molecule has 0 fully saturated rings. The largest absolute Gasteiger partial charge is 0.352 e. The summed E-state index contributed by atoms with van der Waals surface area (Å²) in [5, 5.41) is 21.1. The lowest BCUT2D eigenvalue weighted by Crippen LogP contribution is -2.25. The second-order valence-corrected chi connectivity index (χ2v) is 23.2. The van der Waals surface area contributed by atoms with Gasteiger partial charge in [-0.3, -0.25) is 9.59 Å². The van der Waals surface area contributed by atoms with Crippen LogP contribution in [0.4, 0.5) is 0 Å². The van der Waals surface area contributed by atoms with E-state index in [-0.39, 0.29) is 11.8 Å². The average molecular weight is 1100 g/mol. The van der Waals surface area contributed by atoms with E-state index in [0.29, 0.717) is 46.5 Å². The van der Waals surface area contributed by atoms with Gasteiger partial charge >= 0.3 is 0 Å². The summed E-state index contributed by atoms with van der Waals surface area (Å²) in [7, 11) is 0. The van der Waals surface area contributed by atoms with Gasteiger partial charge < -0.3 is 10.6 Å². The standard InChI is InChI=1S/C80H80N2O2/c1-7-11-15-17-19-21-25-57-29-35-61-43-47-71-59(31-37-63-41-45-69(57)75(61)77(63)71)33-39-65-51-55(5)53-73(79(83)81-49-13-9-3)67(65)27-23-24-28-68-66(52-56(6)54-74(68)80(84)82-50-14-10-4)40-34-60-32-38-64-42-46-70-58(26-22-20-18-16-12-8-2)30-36-62-44-48-72(60)78(64)76(62)70/h29-32,35-38,41-48,51-54H,7-22,25-26,49-50H2,1-6H3,(H,81,83)(H,82,84). The highest BCUT2D eigenvalue weighted by atomic mass is 16.2. The molecule has 84 heavy (non-hydrogen) atoms. The second-order valence-electron chi connectivity index (χ2n) is 23.2. The van der Waals surface area contributed by atoms with Crippen molar-refractivity contribution in [1.82, 2.24) is 10.6 Å². The molecular formula is C80H80N2O2. The van der Waals surface area contributed by atoms with Crippen molar-refractivity contribution in [1.29, 1.82) is 0 Å². The van der Waals surface area contributed by atoms with Crippen LogP contribution < -0.4 is 10.6 Å². The number of aryl methyl sites for hydroxylation is 4. The molecule has 0 spiro atoms. The SMILES string of the molecule is CCCCCCCCc1ccc2ccc3c(C#Cc4cc(C)cc(C(=O)NCCCC)c4C#CC#Cc4c(C#Cc5ccc6ccc7c(CCCCCCCC)ccc8ccc5c6c87)cc(C)cc4C(=O)NCCCC)ccc4ccc1c2c43. The van der Waals surface area contributed by atoms with Gasteiger partial charge in [-0.25, -0.2) is 0 Å². The zero-order chi connectivity index (χ0) is 58.4. The Balaban J connectivity index is 1.03. The molecule has 0 heterocycles. The van der Waals surface area contributed by atoms with Gasteiger partial charge in [-0.15, -0.1) is 0 Å². The lowest BCUT2D eigenvalue weighted by Gasteiger charge is -2.15. The molecule has 10 aromatic rings. The maximum absolute atomic E-state index is 14.1. The first kappa shape index (κ1) is 58.6. The normalized spacial score (nSPS) is 11.2. The molecule has 0 saturated heterocycles. The molecule has 0 unspecified atom stereocenters. The summed E-state index contributed by atoms with van der Waals surface area (Å²) in [6.07, 6.45) is 21.0. The van der Waals surface area contributed by atoms with Crippen LogP contribution in [0.2, 0.25) is 0 Å². The number of carbonyl (C=O) groups is 2. The maximum Gasteiger partial charge on any atom is 0.252 e. The van der Waals surface area contributed by atoms with Gasteiger partial charge in [-0.1, -0.05) is 225 Å². The molecule has 422 valence electrons. The molecular weight excluding hydrogens is 1020 g/mol. The van der Waals surface area contributed by atoms with E-state index in [0.717, 1.165) is 71.6 Å². The summed E-state index contributed by atoms with van der Waals surface area (Å²) in [5.41, 5.74) is 9.70. The molecule has 10 aromatic carbocycles. The molecule has 0 radical (unpaired) electrons. The van der Waals surface area contributed by atoms with E-state index in [1.54, 1.807) is 0 Å². The van der Waals surface area contributed by atoms with Crippen molar-refractivity contribution in [2.45, 2.75) is 157 Å². The van der Waals surface area contributed by atoms with Gasteiger partial charge in [0, 0.05) is 35.3 Å². The van der Waals surface area contributed by atoms with Crippen LogP contribution in [0, 0.1) is 61.2 Å². The predicted octanol–water partition coefficient (Wildman–Crippen LogP) is 19.2. The average Bonchev–Trinajstić information content (AvgIpc) is 0.963. The van der Waals surface area contributed by atoms with Crippen molar-refractivity contribution < 1.29 is 9.59 Å². The first-order valence-corrected chi connectivity index (χ1v) is 31.5. The zero-order valence-corrected chi connectivity index (χ0v) is 50.5. The van der Waals surface area contributed by atoms with E-state index < -0.39 is 0 Å². The molecule has 2 amide bonds. The Bertz CT molecular complexity index is 4020. The molecule has 2 N–H and O–H groups in total. The fraction of sp³-hybridized carbons (Fsp3) is 0.325. The van der Waals surface area contributed by atoms with Gasteiger partial charge in [0.25, 0.3) is 11.8 Å². The van der Waals surface area contributed by atoms with E-state index in [1.807, 2.05) is 38.1 Å². The zero-order valence-electron chi connectivity index (χ0n) is 50.5. The van der Waals surface area contributed by atoms with Crippen LogP contribution in [0.5, 0.6) is 0 Å². The van der Waals surface area contributed by atoms with Crippen molar-refractivity contribution in [3.05, 3.63) is 188 Å². The summed E-state index contributed by atoms with van der Waals surface area (Å²) in [4.78, 5) is 28.3. The molecule has 10 rings (SSSR count). The third-order valence-corrected chi connectivity index (χ3v) is 16.9. The predicted molar refractivity (Wildman–Crippen MR) is 357 cm³/mol. The number of unbranched alkanes of at least 4 members (excludes halogenated alkanes) is 12. The van der Waals surface area contributed by atoms with Crippen molar-refractivity contribution >= 4 is 76.4 Å².